The maximum atomic E-state index is 13.4. The van der Waals surface area contributed by atoms with Crippen LogP contribution in [0.1, 0.15) is 23.1 Å². The maximum absolute atomic E-state index is 13.4. The fourth-order valence-electron chi connectivity index (χ4n) is 4.18. The number of hydrogen-bond acceptors (Lipinski definition) is 7. The third-order valence-corrected chi connectivity index (χ3v) is 7.00. The average Bonchev–Trinajstić information content (AvgIpc) is 3.24. The number of hydrogen-bond donors (Lipinski definition) is 1. The molecule has 9 nitrogen and oxygen atoms in total. The minimum Gasteiger partial charge on any atom is -0.356 e. The van der Waals surface area contributed by atoms with Crippen molar-refractivity contribution in [3.63, 3.8) is 0 Å². The van der Waals surface area contributed by atoms with E-state index in [-0.39, 0.29) is 23.9 Å². The quantitative estimate of drug-likeness (QED) is 0.357. The first-order valence-corrected chi connectivity index (χ1v) is 12.7. The third-order valence-electron chi connectivity index (χ3n) is 5.99. The van der Waals surface area contributed by atoms with Crippen LogP contribution in [0.3, 0.4) is 0 Å². The Morgan fingerprint density at radius 1 is 1.03 bits per heavy atom. The SMILES string of the molecule is O=C(C[C@H]1N=C2c3ccccc3N=C(SCc3cccc([N+](=O)[O-])c3)N2C1=O)NCCc1ccccc1. The van der Waals surface area contributed by atoms with E-state index in [1.165, 1.54) is 28.8 Å². The number of nitro groups is 1. The number of carbonyl (C=O) groups excluding carboxylic acids is 2. The summed E-state index contributed by atoms with van der Waals surface area (Å²) < 4.78 is 0. The molecule has 0 bridgehead atoms. The molecule has 0 aromatic heterocycles. The largest absolute Gasteiger partial charge is 0.356 e. The molecule has 5 rings (SSSR count). The molecule has 0 aliphatic carbocycles. The summed E-state index contributed by atoms with van der Waals surface area (Å²) in [5.74, 6) is 0.298. The summed E-state index contributed by atoms with van der Waals surface area (Å²) in [6.45, 7) is 0.471. The van der Waals surface area contributed by atoms with Crippen LogP contribution in [0.2, 0.25) is 0 Å². The number of amides is 2. The normalized spacial score (nSPS) is 15.9. The highest BCUT2D eigenvalue weighted by Crippen LogP contribution is 2.35. The molecule has 0 radical (unpaired) electrons. The molecule has 0 saturated heterocycles. The van der Waals surface area contributed by atoms with Gasteiger partial charge in [0.1, 0.15) is 11.9 Å². The molecule has 10 heteroatoms. The molecule has 186 valence electrons. The van der Waals surface area contributed by atoms with Crippen LogP contribution in [-0.2, 0) is 21.8 Å². The number of carbonyl (C=O) groups is 2. The van der Waals surface area contributed by atoms with Gasteiger partial charge in [-0.05, 0) is 29.7 Å². The van der Waals surface area contributed by atoms with E-state index in [4.69, 9.17) is 0 Å². The first-order chi connectivity index (χ1) is 18.0. The van der Waals surface area contributed by atoms with Gasteiger partial charge in [0.15, 0.2) is 5.17 Å². The second-order valence-electron chi connectivity index (χ2n) is 8.56. The molecule has 3 aromatic rings. The lowest BCUT2D eigenvalue weighted by Crippen LogP contribution is -2.42. The number of rotatable bonds is 8. The molecule has 2 aliphatic heterocycles. The minimum absolute atomic E-state index is 0.00636. The van der Waals surface area contributed by atoms with E-state index in [1.807, 2.05) is 54.6 Å². The topological polar surface area (TPSA) is 117 Å². The van der Waals surface area contributed by atoms with Crippen molar-refractivity contribution in [3.8, 4) is 0 Å². The van der Waals surface area contributed by atoms with Crippen molar-refractivity contribution >= 4 is 46.0 Å². The van der Waals surface area contributed by atoms with Crippen LogP contribution < -0.4 is 5.32 Å². The molecule has 1 N–H and O–H groups in total. The van der Waals surface area contributed by atoms with Gasteiger partial charge in [0.2, 0.25) is 5.91 Å². The summed E-state index contributed by atoms with van der Waals surface area (Å²) in [6.07, 6.45) is 0.642. The lowest BCUT2D eigenvalue weighted by atomic mass is 10.1. The van der Waals surface area contributed by atoms with E-state index in [0.29, 0.717) is 35.4 Å². The molecule has 1 atom stereocenters. The first-order valence-electron chi connectivity index (χ1n) is 11.8. The van der Waals surface area contributed by atoms with Gasteiger partial charge in [0, 0.05) is 30.0 Å². The number of nitrogens with one attached hydrogen (secondary N) is 1. The molecule has 2 aliphatic rings. The van der Waals surface area contributed by atoms with Crippen molar-refractivity contribution in [1.29, 1.82) is 0 Å². The van der Waals surface area contributed by atoms with E-state index in [9.17, 15) is 19.7 Å². The predicted molar refractivity (Wildman–Crippen MR) is 143 cm³/mol. The molecular weight excluding hydrogens is 490 g/mol. The van der Waals surface area contributed by atoms with E-state index in [2.05, 4.69) is 15.3 Å². The number of fused-ring (bicyclic) bond motifs is 3. The highest BCUT2D eigenvalue weighted by molar-refractivity contribution is 8.13. The lowest BCUT2D eigenvalue weighted by molar-refractivity contribution is -0.384. The average molecular weight is 514 g/mol. The highest BCUT2D eigenvalue weighted by atomic mass is 32.2. The number of benzene rings is 3. The van der Waals surface area contributed by atoms with Crippen LogP contribution in [0.25, 0.3) is 0 Å². The molecule has 0 spiro atoms. The minimum atomic E-state index is -0.846. The Balaban J connectivity index is 1.30. The molecule has 2 amide bonds. The molecule has 3 aromatic carbocycles. The van der Waals surface area contributed by atoms with Crippen molar-refractivity contribution in [2.45, 2.75) is 24.6 Å². The van der Waals surface area contributed by atoms with Gasteiger partial charge in [-0.1, -0.05) is 66.4 Å². The van der Waals surface area contributed by atoms with Crippen LogP contribution in [0.5, 0.6) is 0 Å². The van der Waals surface area contributed by atoms with Crippen LogP contribution >= 0.6 is 11.8 Å². The third kappa shape index (κ3) is 5.44. The molecule has 0 fully saturated rings. The maximum Gasteiger partial charge on any atom is 0.269 e. The molecule has 2 heterocycles. The number of nitrogens with zero attached hydrogens (tertiary/aromatic N) is 4. The van der Waals surface area contributed by atoms with Gasteiger partial charge in [-0.3, -0.25) is 24.7 Å². The second-order valence-corrected chi connectivity index (χ2v) is 9.50. The standard InChI is InChI=1S/C27H23N5O4S/c33-24(28-14-13-18-7-2-1-3-8-18)16-23-26(34)31-25(29-23)21-11-4-5-12-22(21)30-27(31)37-17-19-9-6-10-20(15-19)32(35)36/h1-12,15,23H,13-14,16-17H2,(H,28,33)/t23-/m1/s1. The Morgan fingerprint density at radius 3 is 2.59 bits per heavy atom. The smallest absolute Gasteiger partial charge is 0.269 e. The Kier molecular flexibility index (Phi) is 7.09. The van der Waals surface area contributed by atoms with E-state index >= 15 is 0 Å². The number of nitro benzene ring substituents is 1. The molecule has 37 heavy (non-hydrogen) atoms. The van der Waals surface area contributed by atoms with Crippen molar-refractivity contribution in [1.82, 2.24) is 10.2 Å². The summed E-state index contributed by atoms with van der Waals surface area (Å²) in [7, 11) is 0. The first kappa shape index (κ1) is 24.4. The summed E-state index contributed by atoms with van der Waals surface area (Å²) >= 11 is 1.30. The summed E-state index contributed by atoms with van der Waals surface area (Å²) in [5, 5.41) is 14.4. The van der Waals surface area contributed by atoms with Crippen molar-refractivity contribution in [3.05, 3.63) is 106 Å². The van der Waals surface area contributed by atoms with Gasteiger partial charge in [-0.15, -0.1) is 0 Å². The van der Waals surface area contributed by atoms with Gasteiger partial charge >= 0.3 is 0 Å². The van der Waals surface area contributed by atoms with Crippen LogP contribution in [0.4, 0.5) is 11.4 Å². The Bertz CT molecular complexity index is 1420. The summed E-state index contributed by atoms with van der Waals surface area (Å²) in [5.41, 5.74) is 3.27. The number of non-ortho nitro benzene ring substituents is 1. The zero-order valence-electron chi connectivity index (χ0n) is 19.7. The predicted octanol–water partition coefficient (Wildman–Crippen LogP) is 4.24. The zero-order chi connectivity index (χ0) is 25.8. The van der Waals surface area contributed by atoms with Crippen LogP contribution in [0.15, 0.2) is 88.8 Å². The van der Waals surface area contributed by atoms with Gasteiger partial charge in [0.05, 0.1) is 17.0 Å². The fraction of sp³-hybridized carbons (Fsp3) is 0.185. The molecule has 0 saturated carbocycles. The fourth-order valence-corrected chi connectivity index (χ4v) is 5.12. The van der Waals surface area contributed by atoms with E-state index in [1.54, 1.807) is 12.1 Å². The molecule has 0 unspecified atom stereocenters. The number of amidine groups is 2. The van der Waals surface area contributed by atoms with Crippen LogP contribution in [0, 0.1) is 10.1 Å². The van der Waals surface area contributed by atoms with Gasteiger partial charge in [0.25, 0.3) is 11.6 Å². The van der Waals surface area contributed by atoms with Gasteiger partial charge < -0.3 is 5.32 Å². The van der Waals surface area contributed by atoms with Crippen molar-refractivity contribution in [2.75, 3.05) is 6.54 Å². The van der Waals surface area contributed by atoms with Crippen LogP contribution in [-0.4, -0.2) is 45.2 Å². The van der Waals surface area contributed by atoms with Gasteiger partial charge in [-0.25, -0.2) is 9.89 Å². The zero-order valence-corrected chi connectivity index (χ0v) is 20.6. The number of para-hydroxylation sites is 1. The molecular formula is C27H23N5O4S. The van der Waals surface area contributed by atoms with Crippen molar-refractivity contribution < 1.29 is 14.5 Å². The Hall–Kier alpha value is -4.31. The van der Waals surface area contributed by atoms with Gasteiger partial charge in [-0.2, -0.15) is 0 Å². The monoisotopic (exact) mass is 513 g/mol. The highest BCUT2D eigenvalue weighted by Gasteiger charge is 2.42. The summed E-state index contributed by atoms with van der Waals surface area (Å²) in [6, 6.07) is 22.8. The van der Waals surface area contributed by atoms with E-state index < -0.39 is 11.0 Å². The second kappa shape index (κ2) is 10.8. The lowest BCUT2D eigenvalue weighted by Gasteiger charge is -2.25. The van der Waals surface area contributed by atoms with E-state index in [0.717, 1.165) is 16.7 Å². The number of thioether (sulfide) groups is 1. The Labute approximate surface area is 217 Å². The van der Waals surface area contributed by atoms with Crippen molar-refractivity contribution in [2.24, 2.45) is 9.98 Å². The number of aliphatic imine (C=N–C) groups is 2. The Morgan fingerprint density at radius 2 is 1.78 bits per heavy atom. The summed E-state index contributed by atoms with van der Waals surface area (Å²) in [4.78, 5) is 47.5.